The number of carboxylic acids is 1. The second-order valence-electron chi connectivity index (χ2n) is 12.9. The van der Waals surface area contributed by atoms with Gasteiger partial charge in [-0.15, -0.1) is 0 Å². The summed E-state index contributed by atoms with van der Waals surface area (Å²) in [6, 6.07) is 10.1. The molecule has 4 bridgehead atoms. The van der Waals surface area contributed by atoms with Gasteiger partial charge in [-0.2, -0.15) is 0 Å². The molecule has 4 fully saturated rings. The molecule has 0 radical (unpaired) electrons. The number of carboxylic acid groups (broad SMARTS) is 1. The third kappa shape index (κ3) is 5.05. The highest BCUT2D eigenvalue weighted by atomic mass is 16.4. The number of rotatable bonds is 7. The quantitative estimate of drug-likeness (QED) is 0.442. The van der Waals surface area contributed by atoms with Crippen LogP contribution < -0.4 is 5.56 Å². The first-order valence-electron chi connectivity index (χ1n) is 15.5. The molecular weight excluding hydrogens is 474 g/mol. The molecule has 3 heterocycles. The topological polar surface area (TPSA) is 75.4 Å². The highest BCUT2D eigenvalue weighted by molar-refractivity contribution is 5.75. The fourth-order valence-corrected chi connectivity index (χ4v) is 8.94. The summed E-state index contributed by atoms with van der Waals surface area (Å²) in [5, 5.41) is 9.29. The van der Waals surface area contributed by atoms with Gasteiger partial charge in [0.15, 0.2) is 0 Å². The van der Waals surface area contributed by atoms with Gasteiger partial charge in [-0.25, -0.2) is 4.98 Å². The van der Waals surface area contributed by atoms with Crippen LogP contribution in [-0.4, -0.2) is 43.7 Å². The molecule has 2 aliphatic heterocycles. The van der Waals surface area contributed by atoms with Crippen LogP contribution in [0.25, 0.3) is 11.0 Å². The highest BCUT2D eigenvalue weighted by Gasteiger charge is 2.45. The largest absolute Gasteiger partial charge is 0.481 e. The predicted molar refractivity (Wildman–Crippen MR) is 151 cm³/mol. The molecule has 6 rings (SSSR count). The Hall–Kier alpha value is -2.21. The van der Waals surface area contributed by atoms with Gasteiger partial charge in [0.2, 0.25) is 0 Å². The van der Waals surface area contributed by atoms with E-state index in [4.69, 9.17) is 4.98 Å². The van der Waals surface area contributed by atoms with Crippen molar-refractivity contribution in [3.8, 4) is 0 Å². The molecule has 206 valence electrons. The average molecular weight is 520 g/mol. The maximum absolute atomic E-state index is 14.1. The van der Waals surface area contributed by atoms with E-state index in [1.165, 1.54) is 64.2 Å². The molecule has 6 atom stereocenters. The van der Waals surface area contributed by atoms with Crippen LogP contribution in [0.3, 0.4) is 0 Å². The summed E-state index contributed by atoms with van der Waals surface area (Å²) < 4.78 is 2.09. The highest BCUT2D eigenvalue weighted by Crippen LogP contribution is 2.47. The van der Waals surface area contributed by atoms with E-state index in [1.54, 1.807) is 0 Å². The lowest BCUT2D eigenvalue weighted by molar-refractivity contribution is -0.137. The van der Waals surface area contributed by atoms with Crippen molar-refractivity contribution in [3.05, 3.63) is 40.3 Å². The van der Waals surface area contributed by atoms with Crippen LogP contribution in [0, 0.1) is 11.8 Å². The van der Waals surface area contributed by atoms with E-state index in [-0.39, 0.29) is 23.9 Å². The van der Waals surface area contributed by atoms with Crippen molar-refractivity contribution >= 4 is 17.0 Å². The first-order chi connectivity index (χ1) is 18.5. The van der Waals surface area contributed by atoms with E-state index in [0.29, 0.717) is 24.2 Å². The lowest BCUT2D eigenvalue weighted by Crippen LogP contribution is -2.58. The van der Waals surface area contributed by atoms with Crippen LogP contribution in [0.5, 0.6) is 0 Å². The zero-order chi connectivity index (χ0) is 26.2. The Bertz CT molecular complexity index is 1180. The minimum Gasteiger partial charge on any atom is -0.481 e. The number of aliphatic carboxylic acids is 1. The fourth-order valence-electron chi connectivity index (χ4n) is 8.94. The van der Waals surface area contributed by atoms with Gasteiger partial charge in [0.1, 0.15) is 5.69 Å². The van der Waals surface area contributed by atoms with Crippen LogP contribution in [0.4, 0.5) is 0 Å². The van der Waals surface area contributed by atoms with Crippen molar-refractivity contribution in [3.63, 3.8) is 0 Å². The van der Waals surface area contributed by atoms with Gasteiger partial charge >= 0.3 is 5.97 Å². The predicted octanol–water partition coefficient (Wildman–Crippen LogP) is 6.67. The van der Waals surface area contributed by atoms with Gasteiger partial charge < -0.3 is 9.67 Å². The maximum atomic E-state index is 14.1. The maximum Gasteiger partial charge on any atom is 0.303 e. The minimum absolute atomic E-state index is 0.0150. The molecule has 2 saturated carbocycles. The van der Waals surface area contributed by atoms with E-state index in [1.807, 2.05) is 25.1 Å². The molecule has 2 saturated heterocycles. The zero-order valence-corrected chi connectivity index (χ0v) is 23.1. The molecule has 6 nitrogen and oxygen atoms in total. The van der Waals surface area contributed by atoms with Crippen LogP contribution in [0.2, 0.25) is 0 Å². The zero-order valence-electron chi connectivity index (χ0n) is 23.1. The molecule has 0 spiro atoms. The van der Waals surface area contributed by atoms with Crippen molar-refractivity contribution in [1.29, 1.82) is 0 Å². The Morgan fingerprint density at radius 1 is 0.921 bits per heavy atom. The summed E-state index contributed by atoms with van der Waals surface area (Å²) in [6.07, 6.45) is 17.1. The number of aromatic nitrogens is 2. The van der Waals surface area contributed by atoms with Crippen molar-refractivity contribution in [2.45, 2.75) is 133 Å². The summed E-state index contributed by atoms with van der Waals surface area (Å²) in [6.45, 7) is 2.04. The fraction of sp³-hybridized carbons (Fsp3) is 0.719. The molecular formula is C32H45N3O3. The van der Waals surface area contributed by atoms with Crippen LogP contribution in [-0.2, 0) is 4.79 Å². The Balaban J connectivity index is 1.32. The molecule has 4 aliphatic rings. The van der Waals surface area contributed by atoms with Crippen molar-refractivity contribution in [1.82, 2.24) is 14.5 Å². The van der Waals surface area contributed by atoms with E-state index in [0.717, 1.165) is 48.2 Å². The van der Waals surface area contributed by atoms with E-state index in [2.05, 4.69) is 15.5 Å². The van der Waals surface area contributed by atoms with Gasteiger partial charge in [-0.1, -0.05) is 51.2 Å². The van der Waals surface area contributed by atoms with Crippen molar-refractivity contribution in [2.24, 2.45) is 11.8 Å². The summed E-state index contributed by atoms with van der Waals surface area (Å²) in [7, 11) is 0. The smallest absolute Gasteiger partial charge is 0.303 e. The lowest BCUT2D eigenvalue weighted by atomic mass is 9.73. The van der Waals surface area contributed by atoms with Crippen LogP contribution in [0.1, 0.15) is 121 Å². The first-order valence-corrected chi connectivity index (χ1v) is 15.5. The standard InChI is InChI=1S/C32H45N3O3/c1-2-23(14-15-30(36)37)31-32(38)35(29-13-6-5-12-28(29)33-31)27-19-24-10-7-11-25(20-27)34(24)26-17-21-8-3-4-9-22(16-21)18-26/h5-6,12-13,21-27H,2-4,7-11,14-20H2,1H3,(H,36,37)/t21?,22?,23?,24-,25?,26?,27?/m1/s1. The SMILES string of the molecule is CCC(CCC(=O)O)c1nc2ccccc2n(C2CC3CCC[C@H](C2)N3C2CC3CCCCC(C3)C2)c1=O. The van der Waals surface area contributed by atoms with Crippen molar-refractivity contribution < 1.29 is 9.90 Å². The Morgan fingerprint density at radius 2 is 1.61 bits per heavy atom. The molecule has 6 heteroatoms. The number of piperidine rings is 2. The number of hydrogen-bond acceptors (Lipinski definition) is 4. The summed E-state index contributed by atoms with van der Waals surface area (Å²) in [5.74, 6) is 0.906. The molecule has 38 heavy (non-hydrogen) atoms. The third-order valence-electron chi connectivity index (χ3n) is 10.6. The molecule has 1 aromatic heterocycles. The molecule has 2 aliphatic carbocycles. The first kappa shape index (κ1) is 26.0. The van der Waals surface area contributed by atoms with Gasteiger partial charge in [0, 0.05) is 36.5 Å². The number of carbonyl (C=O) groups is 1. The third-order valence-corrected chi connectivity index (χ3v) is 10.6. The summed E-state index contributed by atoms with van der Waals surface area (Å²) in [4.78, 5) is 33.3. The normalized spacial score (nSPS) is 32.6. The molecule has 1 aromatic carbocycles. The van der Waals surface area contributed by atoms with Gasteiger partial charge in [-0.05, 0) is 81.8 Å². The number of nitrogens with zero attached hydrogens (tertiary/aromatic N) is 3. The lowest BCUT2D eigenvalue weighted by Gasteiger charge is -2.54. The molecule has 1 N–H and O–H groups in total. The van der Waals surface area contributed by atoms with E-state index >= 15 is 0 Å². The monoisotopic (exact) mass is 519 g/mol. The minimum atomic E-state index is -0.813. The number of benzene rings is 1. The van der Waals surface area contributed by atoms with Crippen LogP contribution in [0.15, 0.2) is 29.1 Å². The van der Waals surface area contributed by atoms with Crippen molar-refractivity contribution in [2.75, 3.05) is 0 Å². The Kier molecular flexibility index (Phi) is 7.61. The van der Waals surface area contributed by atoms with Crippen LogP contribution >= 0.6 is 0 Å². The molecule has 0 amide bonds. The van der Waals surface area contributed by atoms with Gasteiger partial charge in [-0.3, -0.25) is 14.5 Å². The Labute approximate surface area is 226 Å². The molecule has 2 aromatic rings. The average Bonchev–Trinajstić information content (AvgIpc) is 3.07. The molecule has 5 unspecified atom stereocenters. The number of hydrogen-bond donors (Lipinski definition) is 1. The second-order valence-corrected chi connectivity index (χ2v) is 12.9. The van der Waals surface area contributed by atoms with E-state index in [9.17, 15) is 14.7 Å². The number of para-hydroxylation sites is 2. The Morgan fingerprint density at radius 3 is 2.26 bits per heavy atom. The van der Waals surface area contributed by atoms with E-state index < -0.39 is 5.97 Å². The summed E-state index contributed by atoms with van der Waals surface area (Å²) >= 11 is 0. The summed E-state index contributed by atoms with van der Waals surface area (Å²) in [5.41, 5.74) is 2.38. The second kappa shape index (κ2) is 11.1. The van der Waals surface area contributed by atoms with Gasteiger partial charge in [0.05, 0.1) is 11.0 Å². The number of fused-ring (bicyclic) bond motifs is 5. The van der Waals surface area contributed by atoms with Gasteiger partial charge in [0.25, 0.3) is 5.56 Å².